The lowest BCUT2D eigenvalue weighted by molar-refractivity contribution is 0.0487. The average molecular weight is 408 g/mol. The number of thiazole rings is 1. The van der Waals surface area contributed by atoms with Crippen molar-refractivity contribution in [2.75, 3.05) is 44.2 Å². The number of ether oxygens (including phenoxy) is 1. The van der Waals surface area contributed by atoms with E-state index < -0.39 is 0 Å². The third-order valence-corrected chi connectivity index (χ3v) is 6.40. The molecular formula is C21H37N5OS. The molecule has 2 aliphatic rings. The summed E-state index contributed by atoms with van der Waals surface area (Å²) in [5, 5.41) is 10.1. The lowest BCUT2D eigenvalue weighted by atomic mass is 10.1. The van der Waals surface area contributed by atoms with Gasteiger partial charge < -0.3 is 20.3 Å². The SMILES string of the molecule is CCNC(=NCCOC1CCCCCC1)NCCc1csc(N2CCCC2)n1. The van der Waals surface area contributed by atoms with Crippen molar-refractivity contribution in [2.45, 2.75) is 70.8 Å². The van der Waals surface area contributed by atoms with Crippen molar-refractivity contribution in [3.63, 3.8) is 0 Å². The van der Waals surface area contributed by atoms with Crippen molar-refractivity contribution in [1.82, 2.24) is 15.6 Å². The van der Waals surface area contributed by atoms with E-state index in [9.17, 15) is 0 Å². The van der Waals surface area contributed by atoms with Crippen LogP contribution in [0.1, 0.15) is 64.0 Å². The predicted molar refractivity (Wildman–Crippen MR) is 119 cm³/mol. The molecular weight excluding hydrogens is 370 g/mol. The van der Waals surface area contributed by atoms with Crippen LogP contribution in [0.2, 0.25) is 0 Å². The van der Waals surface area contributed by atoms with Gasteiger partial charge >= 0.3 is 0 Å². The number of hydrogen-bond donors (Lipinski definition) is 2. The van der Waals surface area contributed by atoms with E-state index in [0.29, 0.717) is 19.3 Å². The van der Waals surface area contributed by atoms with Crippen molar-refractivity contribution in [1.29, 1.82) is 0 Å². The summed E-state index contributed by atoms with van der Waals surface area (Å²) in [4.78, 5) is 11.9. The van der Waals surface area contributed by atoms with Crippen molar-refractivity contribution >= 4 is 22.4 Å². The standard InChI is InChI=1S/C21H37N5OS/c1-2-22-20(24-13-16-27-19-9-5-3-4-6-10-19)23-12-11-18-17-28-21(25-18)26-14-7-8-15-26/h17,19H,2-16H2,1H3,(H2,22,23,24). The molecule has 3 rings (SSSR count). The minimum atomic E-state index is 0.447. The third-order valence-electron chi connectivity index (χ3n) is 5.45. The number of nitrogens with zero attached hydrogens (tertiary/aromatic N) is 3. The van der Waals surface area contributed by atoms with E-state index in [1.54, 1.807) is 11.3 Å². The molecule has 1 aromatic rings. The third kappa shape index (κ3) is 7.24. The molecule has 2 fully saturated rings. The summed E-state index contributed by atoms with van der Waals surface area (Å²) in [6.45, 7) is 7.55. The van der Waals surface area contributed by atoms with Gasteiger partial charge in [-0.05, 0) is 32.6 Å². The largest absolute Gasteiger partial charge is 0.376 e. The molecule has 1 saturated carbocycles. The van der Waals surface area contributed by atoms with Gasteiger partial charge in [-0.2, -0.15) is 0 Å². The molecule has 158 valence electrons. The maximum atomic E-state index is 6.04. The molecule has 0 aromatic carbocycles. The Morgan fingerprint density at radius 3 is 2.71 bits per heavy atom. The van der Waals surface area contributed by atoms with Gasteiger partial charge in [-0.1, -0.05) is 25.7 Å². The second-order valence-electron chi connectivity index (χ2n) is 7.74. The van der Waals surface area contributed by atoms with Gasteiger partial charge in [0.25, 0.3) is 0 Å². The van der Waals surface area contributed by atoms with Gasteiger partial charge in [-0.3, -0.25) is 4.99 Å². The van der Waals surface area contributed by atoms with E-state index in [0.717, 1.165) is 38.6 Å². The van der Waals surface area contributed by atoms with Gasteiger partial charge in [0.05, 0.1) is 24.9 Å². The number of aliphatic imine (C=N–C) groups is 1. The molecule has 2 heterocycles. The molecule has 1 saturated heterocycles. The number of rotatable bonds is 9. The topological polar surface area (TPSA) is 61.8 Å². The van der Waals surface area contributed by atoms with Gasteiger partial charge in [0, 0.05) is 38.0 Å². The van der Waals surface area contributed by atoms with Gasteiger partial charge in [0.1, 0.15) is 0 Å². The minimum absolute atomic E-state index is 0.447. The van der Waals surface area contributed by atoms with E-state index in [1.165, 1.54) is 62.2 Å². The fraction of sp³-hybridized carbons (Fsp3) is 0.810. The number of anilines is 1. The molecule has 0 amide bonds. The van der Waals surface area contributed by atoms with Crippen LogP contribution in [0.25, 0.3) is 0 Å². The van der Waals surface area contributed by atoms with Crippen molar-refractivity contribution in [2.24, 2.45) is 4.99 Å². The maximum absolute atomic E-state index is 6.04. The van der Waals surface area contributed by atoms with Gasteiger partial charge in [0.2, 0.25) is 0 Å². The van der Waals surface area contributed by atoms with Crippen molar-refractivity contribution in [3.8, 4) is 0 Å². The van der Waals surface area contributed by atoms with Crippen molar-refractivity contribution in [3.05, 3.63) is 11.1 Å². The summed E-state index contributed by atoms with van der Waals surface area (Å²) >= 11 is 1.77. The first-order valence-electron chi connectivity index (χ1n) is 11.2. The maximum Gasteiger partial charge on any atom is 0.191 e. The molecule has 0 radical (unpaired) electrons. The van der Waals surface area contributed by atoms with Gasteiger partial charge in [-0.25, -0.2) is 4.98 Å². The average Bonchev–Trinajstić information content (AvgIpc) is 3.33. The highest BCUT2D eigenvalue weighted by Crippen LogP contribution is 2.24. The fourth-order valence-corrected chi connectivity index (χ4v) is 4.81. The van der Waals surface area contributed by atoms with Crippen LogP contribution < -0.4 is 15.5 Å². The Bertz CT molecular complexity index is 577. The molecule has 2 N–H and O–H groups in total. The first-order valence-corrected chi connectivity index (χ1v) is 12.1. The minimum Gasteiger partial charge on any atom is -0.376 e. The number of hydrogen-bond acceptors (Lipinski definition) is 5. The van der Waals surface area contributed by atoms with Crippen LogP contribution in [0.4, 0.5) is 5.13 Å². The van der Waals surface area contributed by atoms with E-state index in [4.69, 9.17) is 9.72 Å². The second kappa shape index (κ2) is 12.3. The fourth-order valence-electron chi connectivity index (χ4n) is 3.90. The van der Waals surface area contributed by atoms with Crippen LogP contribution in [0.3, 0.4) is 0 Å². The molecule has 0 bridgehead atoms. The zero-order chi connectivity index (χ0) is 19.4. The Labute approximate surface area is 174 Å². The van der Waals surface area contributed by atoms with Crippen molar-refractivity contribution < 1.29 is 4.74 Å². The summed E-state index contributed by atoms with van der Waals surface area (Å²) in [7, 11) is 0. The molecule has 1 aliphatic carbocycles. The lowest BCUT2D eigenvalue weighted by Gasteiger charge is -2.15. The summed E-state index contributed by atoms with van der Waals surface area (Å²) < 4.78 is 6.04. The Morgan fingerprint density at radius 1 is 1.18 bits per heavy atom. The van der Waals surface area contributed by atoms with Crippen LogP contribution in [0.15, 0.2) is 10.4 Å². The van der Waals surface area contributed by atoms with E-state index in [2.05, 4.69) is 32.8 Å². The molecule has 0 atom stereocenters. The number of guanidine groups is 1. The number of nitrogens with one attached hydrogen (secondary N) is 2. The number of aromatic nitrogens is 1. The van der Waals surface area contributed by atoms with Crippen LogP contribution in [-0.4, -0.2) is 56.4 Å². The van der Waals surface area contributed by atoms with Crippen LogP contribution in [0, 0.1) is 0 Å². The monoisotopic (exact) mass is 407 g/mol. The van der Waals surface area contributed by atoms with E-state index in [-0.39, 0.29) is 0 Å². The molecule has 28 heavy (non-hydrogen) atoms. The Hall–Kier alpha value is -1.34. The molecule has 6 nitrogen and oxygen atoms in total. The first kappa shape index (κ1) is 21.4. The molecule has 1 aromatic heterocycles. The van der Waals surface area contributed by atoms with Gasteiger partial charge in [0.15, 0.2) is 11.1 Å². The van der Waals surface area contributed by atoms with Gasteiger partial charge in [-0.15, -0.1) is 11.3 Å². The lowest BCUT2D eigenvalue weighted by Crippen LogP contribution is -2.38. The normalized spacial score (nSPS) is 19.0. The van der Waals surface area contributed by atoms with E-state index in [1.807, 2.05) is 0 Å². The molecule has 1 aliphatic heterocycles. The highest BCUT2D eigenvalue weighted by Gasteiger charge is 2.15. The van der Waals surface area contributed by atoms with Crippen LogP contribution in [0.5, 0.6) is 0 Å². The summed E-state index contributed by atoms with van der Waals surface area (Å²) in [6, 6.07) is 0. The molecule has 7 heteroatoms. The smallest absolute Gasteiger partial charge is 0.191 e. The van der Waals surface area contributed by atoms with Crippen LogP contribution in [-0.2, 0) is 11.2 Å². The van der Waals surface area contributed by atoms with E-state index >= 15 is 0 Å². The highest BCUT2D eigenvalue weighted by molar-refractivity contribution is 7.13. The summed E-state index contributed by atoms with van der Waals surface area (Å²) in [6.07, 6.45) is 11.8. The Morgan fingerprint density at radius 2 is 1.96 bits per heavy atom. The zero-order valence-corrected chi connectivity index (χ0v) is 18.2. The summed E-state index contributed by atoms with van der Waals surface area (Å²) in [5.74, 6) is 0.877. The zero-order valence-electron chi connectivity index (χ0n) is 17.4. The summed E-state index contributed by atoms with van der Waals surface area (Å²) in [5.41, 5.74) is 1.17. The highest BCUT2D eigenvalue weighted by atomic mass is 32.1. The van der Waals surface area contributed by atoms with Crippen LogP contribution >= 0.6 is 11.3 Å². The quantitative estimate of drug-likeness (QED) is 0.284. The predicted octanol–water partition coefficient (Wildman–Crippen LogP) is 3.58. The second-order valence-corrected chi connectivity index (χ2v) is 8.57. The Kier molecular flexibility index (Phi) is 9.37. The first-order chi connectivity index (χ1) is 13.8. The Balaban J connectivity index is 1.35. The molecule has 0 spiro atoms. The molecule has 0 unspecified atom stereocenters.